The number of thiazole rings is 1. The fraction of sp³-hybridized carbons (Fsp3) is 0.294. The number of benzene rings is 3. The summed E-state index contributed by atoms with van der Waals surface area (Å²) in [4.78, 5) is 22.3. The molecular formula is C34H37N3O4S. The number of aliphatic hydroxyl groups is 1. The number of β-amino-alcohol motifs (C(OH)–C–C–N with tert-alkyl or cyclic N) is 1. The first-order valence-corrected chi connectivity index (χ1v) is 15.3. The van der Waals surface area contributed by atoms with Gasteiger partial charge in [-0.05, 0) is 36.3 Å². The van der Waals surface area contributed by atoms with Crippen molar-refractivity contribution < 1.29 is 19.4 Å². The zero-order valence-electron chi connectivity index (χ0n) is 23.8. The zero-order valence-corrected chi connectivity index (χ0v) is 24.7. The van der Waals surface area contributed by atoms with Crippen LogP contribution in [0.4, 0.5) is 0 Å². The van der Waals surface area contributed by atoms with Crippen molar-refractivity contribution in [2.75, 3.05) is 45.9 Å². The molecule has 0 aliphatic carbocycles. The number of amides is 1. The van der Waals surface area contributed by atoms with Crippen LogP contribution in [0.25, 0.3) is 12.2 Å². The fourth-order valence-corrected chi connectivity index (χ4v) is 5.80. The van der Waals surface area contributed by atoms with E-state index in [0.29, 0.717) is 50.3 Å². The average Bonchev–Trinajstić information content (AvgIpc) is 3.48. The van der Waals surface area contributed by atoms with Gasteiger partial charge in [0.15, 0.2) is 0 Å². The predicted molar refractivity (Wildman–Crippen MR) is 168 cm³/mol. The van der Waals surface area contributed by atoms with E-state index >= 15 is 0 Å². The van der Waals surface area contributed by atoms with Crippen LogP contribution in [0.5, 0.6) is 10.9 Å². The lowest BCUT2D eigenvalue weighted by Gasteiger charge is -2.37. The minimum absolute atomic E-state index is 0.118. The maximum atomic E-state index is 13.7. The molecular weight excluding hydrogens is 546 g/mol. The minimum Gasteiger partial charge on any atom is -0.490 e. The van der Waals surface area contributed by atoms with E-state index in [1.54, 1.807) is 0 Å². The van der Waals surface area contributed by atoms with Gasteiger partial charge in [0.1, 0.15) is 18.5 Å². The zero-order chi connectivity index (χ0) is 29.1. The van der Waals surface area contributed by atoms with Crippen LogP contribution < -0.4 is 9.47 Å². The highest BCUT2D eigenvalue weighted by molar-refractivity contribution is 7.11. The lowest BCUT2D eigenvalue weighted by molar-refractivity contribution is -0.133. The molecule has 1 unspecified atom stereocenters. The number of aliphatic hydroxyl groups excluding tert-OH is 1. The lowest BCUT2D eigenvalue weighted by Crippen LogP contribution is -2.52. The number of aromatic nitrogens is 1. The van der Waals surface area contributed by atoms with E-state index in [-0.39, 0.29) is 18.4 Å². The molecule has 4 aromatic rings. The smallest absolute Gasteiger partial charge is 0.273 e. The Hall–Kier alpha value is -3.98. The Morgan fingerprint density at radius 3 is 2.21 bits per heavy atom. The molecule has 5 rings (SSSR count). The molecule has 0 saturated carbocycles. The number of ether oxygens (including phenoxy) is 2. The Kier molecular flexibility index (Phi) is 10.4. The van der Waals surface area contributed by atoms with Crippen molar-refractivity contribution in [3.8, 4) is 10.9 Å². The molecule has 218 valence electrons. The lowest BCUT2D eigenvalue weighted by atomic mass is 9.90. The summed E-state index contributed by atoms with van der Waals surface area (Å²) in [6.07, 6.45) is 3.23. The van der Waals surface area contributed by atoms with Gasteiger partial charge in [0, 0.05) is 43.7 Å². The molecule has 1 aromatic heterocycles. The van der Waals surface area contributed by atoms with Gasteiger partial charge in [-0.2, -0.15) is 0 Å². The molecule has 8 heteroatoms. The van der Waals surface area contributed by atoms with Gasteiger partial charge in [0.05, 0.1) is 18.2 Å². The summed E-state index contributed by atoms with van der Waals surface area (Å²) >= 11 is 1.47. The number of para-hydroxylation sites is 1. The number of carbonyl (C=O) groups is 1. The van der Waals surface area contributed by atoms with Crippen LogP contribution in [0.1, 0.15) is 35.2 Å². The summed E-state index contributed by atoms with van der Waals surface area (Å²) in [6, 6.07) is 27.7. The van der Waals surface area contributed by atoms with Gasteiger partial charge in [-0.25, -0.2) is 4.98 Å². The molecule has 42 heavy (non-hydrogen) atoms. The Morgan fingerprint density at radius 2 is 1.55 bits per heavy atom. The quantitative estimate of drug-likeness (QED) is 0.240. The highest BCUT2D eigenvalue weighted by atomic mass is 32.1. The SMILES string of the molecule is CCOc1nc(C=Cc2ccccc2OCC(O)CN2CCN(C(=O)C(c3ccccc3)c3ccccc3)CC2)cs1. The third-order valence-corrected chi connectivity index (χ3v) is 7.99. The van der Waals surface area contributed by atoms with Crippen LogP contribution in [0.3, 0.4) is 0 Å². The average molecular weight is 584 g/mol. The van der Waals surface area contributed by atoms with Crippen LogP contribution in [-0.4, -0.2) is 77.8 Å². The normalized spacial score (nSPS) is 14.8. The molecule has 1 N–H and O–H groups in total. The first-order chi connectivity index (χ1) is 20.6. The Morgan fingerprint density at radius 1 is 0.905 bits per heavy atom. The first kappa shape index (κ1) is 29.5. The molecule has 1 atom stereocenters. The van der Waals surface area contributed by atoms with E-state index in [1.807, 2.05) is 114 Å². The minimum atomic E-state index is -0.655. The van der Waals surface area contributed by atoms with Crippen molar-refractivity contribution in [1.82, 2.24) is 14.8 Å². The fourth-order valence-electron chi connectivity index (χ4n) is 5.10. The van der Waals surface area contributed by atoms with Crippen molar-refractivity contribution in [3.63, 3.8) is 0 Å². The van der Waals surface area contributed by atoms with E-state index in [2.05, 4.69) is 9.88 Å². The predicted octanol–water partition coefficient (Wildman–Crippen LogP) is 5.43. The van der Waals surface area contributed by atoms with Crippen LogP contribution in [0, 0.1) is 0 Å². The molecule has 1 saturated heterocycles. The third-order valence-electron chi connectivity index (χ3n) is 7.22. The molecule has 0 spiro atoms. The van der Waals surface area contributed by atoms with E-state index in [4.69, 9.17) is 9.47 Å². The van der Waals surface area contributed by atoms with Gasteiger partial charge < -0.3 is 19.5 Å². The van der Waals surface area contributed by atoms with Gasteiger partial charge in [-0.15, -0.1) is 0 Å². The van der Waals surface area contributed by atoms with Gasteiger partial charge in [-0.1, -0.05) is 90.2 Å². The van der Waals surface area contributed by atoms with Crippen LogP contribution in [0.2, 0.25) is 0 Å². The van der Waals surface area contributed by atoms with E-state index < -0.39 is 6.10 Å². The first-order valence-electron chi connectivity index (χ1n) is 14.4. The van der Waals surface area contributed by atoms with E-state index in [0.717, 1.165) is 22.4 Å². The Labute approximate surface area is 251 Å². The maximum absolute atomic E-state index is 13.7. The summed E-state index contributed by atoms with van der Waals surface area (Å²) in [7, 11) is 0. The number of carbonyl (C=O) groups excluding carboxylic acids is 1. The second-order valence-corrected chi connectivity index (χ2v) is 11.0. The molecule has 3 aromatic carbocycles. The number of nitrogens with zero attached hydrogens (tertiary/aromatic N) is 3. The molecule has 1 aliphatic heterocycles. The van der Waals surface area contributed by atoms with Crippen molar-refractivity contribution in [2.24, 2.45) is 0 Å². The summed E-state index contributed by atoms with van der Waals surface area (Å²) in [5.41, 5.74) is 3.74. The number of hydrogen-bond donors (Lipinski definition) is 1. The van der Waals surface area contributed by atoms with Crippen LogP contribution in [-0.2, 0) is 4.79 Å². The van der Waals surface area contributed by atoms with E-state index in [9.17, 15) is 9.90 Å². The van der Waals surface area contributed by atoms with Crippen molar-refractivity contribution in [3.05, 3.63) is 113 Å². The van der Waals surface area contributed by atoms with Crippen molar-refractivity contribution in [2.45, 2.75) is 18.9 Å². The molecule has 0 radical (unpaired) electrons. The topological polar surface area (TPSA) is 75.1 Å². The highest BCUT2D eigenvalue weighted by Gasteiger charge is 2.30. The number of hydrogen-bond acceptors (Lipinski definition) is 7. The molecule has 1 amide bonds. The van der Waals surface area contributed by atoms with Gasteiger partial charge in [0.25, 0.3) is 5.19 Å². The number of piperazine rings is 1. The molecule has 1 aliphatic rings. The Balaban J connectivity index is 1.12. The second-order valence-electron chi connectivity index (χ2n) is 10.2. The van der Waals surface area contributed by atoms with Gasteiger partial charge in [0.2, 0.25) is 5.91 Å². The maximum Gasteiger partial charge on any atom is 0.273 e. The van der Waals surface area contributed by atoms with Crippen molar-refractivity contribution in [1.29, 1.82) is 0 Å². The molecule has 7 nitrogen and oxygen atoms in total. The van der Waals surface area contributed by atoms with Crippen LogP contribution in [0.15, 0.2) is 90.3 Å². The second kappa shape index (κ2) is 14.8. The van der Waals surface area contributed by atoms with Gasteiger partial charge in [-0.3, -0.25) is 9.69 Å². The summed E-state index contributed by atoms with van der Waals surface area (Å²) in [5.74, 6) is 0.498. The van der Waals surface area contributed by atoms with E-state index in [1.165, 1.54) is 11.3 Å². The molecule has 1 fully saturated rings. The van der Waals surface area contributed by atoms with Crippen molar-refractivity contribution >= 4 is 29.4 Å². The summed E-state index contributed by atoms with van der Waals surface area (Å²) in [5, 5.41) is 13.4. The van der Waals surface area contributed by atoms with Crippen LogP contribution >= 0.6 is 11.3 Å². The molecule has 2 heterocycles. The monoisotopic (exact) mass is 583 g/mol. The largest absolute Gasteiger partial charge is 0.490 e. The number of rotatable bonds is 12. The standard InChI is InChI=1S/C34H37N3O4S/c1-2-40-34-35-29(25-42-34)18-17-26-11-9-10-16-31(26)41-24-30(38)23-36-19-21-37(22-20-36)33(39)32(27-12-5-3-6-13-27)28-14-7-4-8-15-28/h3-18,25,30,32,38H,2,19-24H2,1H3. The summed E-state index contributed by atoms with van der Waals surface area (Å²) in [6.45, 7) is 5.85. The van der Waals surface area contributed by atoms with Gasteiger partial charge >= 0.3 is 0 Å². The Bertz CT molecular complexity index is 1400. The summed E-state index contributed by atoms with van der Waals surface area (Å²) < 4.78 is 11.5. The highest BCUT2D eigenvalue weighted by Crippen LogP contribution is 2.28. The third kappa shape index (κ3) is 7.85. The molecule has 0 bridgehead atoms.